The molecule has 3 aromatic carbocycles. The number of aryl methyl sites for hydroxylation is 1. The predicted molar refractivity (Wildman–Crippen MR) is 167 cm³/mol. The number of hydrogen-bond donors (Lipinski definition) is 1. The zero-order valence-corrected chi connectivity index (χ0v) is 25.8. The van der Waals surface area contributed by atoms with Crippen LogP contribution in [0.3, 0.4) is 0 Å². The summed E-state index contributed by atoms with van der Waals surface area (Å²) in [6, 6.07) is 23.8. The number of ketones is 1. The van der Waals surface area contributed by atoms with E-state index in [-0.39, 0.29) is 18.0 Å². The SMILES string of the molecule is COCC1CC(Cc2ccccc2)CN1Cc1ccc(C(=O)NC(CCS(C)(=O)=O)C(C)=O)c(-c2ccccc2C)c1. The van der Waals surface area contributed by atoms with E-state index in [9.17, 15) is 18.0 Å². The fraction of sp³-hybridized carbons (Fsp3) is 0.412. The summed E-state index contributed by atoms with van der Waals surface area (Å²) in [6.07, 6.45) is 3.26. The number of Topliss-reactive ketones (excluding diaryl/α,β-unsaturated/α-hetero) is 1. The molecule has 7 nitrogen and oxygen atoms in total. The molecule has 1 fully saturated rings. The van der Waals surface area contributed by atoms with Gasteiger partial charge in [0.25, 0.3) is 5.91 Å². The van der Waals surface area contributed by atoms with Gasteiger partial charge >= 0.3 is 0 Å². The number of nitrogens with one attached hydrogen (secondary N) is 1. The Hall–Kier alpha value is -3.33. The molecule has 3 aromatic rings. The van der Waals surface area contributed by atoms with Crippen molar-refractivity contribution in [2.24, 2.45) is 5.92 Å². The molecule has 1 N–H and O–H groups in total. The third-order valence-corrected chi connectivity index (χ3v) is 9.04. The van der Waals surface area contributed by atoms with Gasteiger partial charge in [0, 0.05) is 38.1 Å². The van der Waals surface area contributed by atoms with Crippen molar-refractivity contribution in [3.8, 4) is 11.1 Å². The van der Waals surface area contributed by atoms with Crippen LogP contribution in [-0.2, 0) is 32.3 Å². The number of benzene rings is 3. The number of methoxy groups -OCH3 is 1. The van der Waals surface area contributed by atoms with Gasteiger partial charge in [-0.25, -0.2) is 8.42 Å². The number of nitrogens with zero attached hydrogens (tertiary/aromatic N) is 1. The maximum atomic E-state index is 13.6. The summed E-state index contributed by atoms with van der Waals surface area (Å²) in [4.78, 5) is 28.3. The second-order valence-corrected chi connectivity index (χ2v) is 13.8. The van der Waals surface area contributed by atoms with Gasteiger partial charge in [0.15, 0.2) is 5.78 Å². The minimum Gasteiger partial charge on any atom is -0.383 e. The smallest absolute Gasteiger partial charge is 0.252 e. The third-order valence-electron chi connectivity index (χ3n) is 8.06. The van der Waals surface area contributed by atoms with Crippen molar-refractivity contribution in [1.82, 2.24) is 10.2 Å². The summed E-state index contributed by atoms with van der Waals surface area (Å²) in [5.74, 6) is -0.312. The molecule has 0 spiro atoms. The van der Waals surface area contributed by atoms with Crippen LogP contribution < -0.4 is 5.32 Å². The Labute approximate surface area is 250 Å². The highest BCUT2D eigenvalue weighted by molar-refractivity contribution is 7.90. The molecule has 0 aromatic heterocycles. The number of carbonyl (C=O) groups is 2. The minimum absolute atomic E-state index is 0.0394. The summed E-state index contributed by atoms with van der Waals surface area (Å²) in [6.45, 7) is 5.74. The second-order valence-electron chi connectivity index (χ2n) is 11.6. The van der Waals surface area contributed by atoms with Crippen LogP contribution in [0, 0.1) is 12.8 Å². The quantitative estimate of drug-likeness (QED) is 0.306. The van der Waals surface area contributed by atoms with Crippen molar-refractivity contribution in [2.45, 2.75) is 51.7 Å². The number of carbonyl (C=O) groups excluding carboxylic acids is 2. The van der Waals surface area contributed by atoms with Crippen molar-refractivity contribution >= 4 is 21.5 Å². The molecule has 4 rings (SSSR count). The van der Waals surface area contributed by atoms with E-state index in [4.69, 9.17) is 4.74 Å². The summed E-state index contributed by atoms with van der Waals surface area (Å²) in [5.41, 5.74) is 5.65. The summed E-state index contributed by atoms with van der Waals surface area (Å²) in [7, 11) is -1.53. The Morgan fingerprint density at radius 3 is 2.38 bits per heavy atom. The van der Waals surface area contributed by atoms with Crippen molar-refractivity contribution < 1.29 is 22.7 Å². The number of hydrogen-bond acceptors (Lipinski definition) is 6. The number of rotatable bonds is 13. The molecule has 1 saturated heterocycles. The van der Waals surface area contributed by atoms with E-state index in [2.05, 4.69) is 40.5 Å². The van der Waals surface area contributed by atoms with Gasteiger partial charge in [-0.3, -0.25) is 14.5 Å². The minimum atomic E-state index is -3.27. The van der Waals surface area contributed by atoms with Gasteiger partial charge in [-0.15, -0.1) is 0 Å². The van der Waals surface area contributed by atoms with Crippen molar-refractivity contribution in [1.29, 1.82) is 0 Å². The molecule has 0 aliphatic carbocycles. The molecule has 1 heterocycles. The van der Waals surface area contributed by atoms with Crippen molar-refractivity contribution in [3.05, 3.63) is 95.1 Å². The lowest BCUT2D eigenvalue weighted by Crippen LogP contribution is -2.41. The molecule has 224 valence electrons. The van der Waals surface area contributed by atoms with E-state index in [1.807, 2.05) is 49.4 Å². The predicted octanol–water partition coefficient (Wildman–Crippen LogP) is 4.86. The Morgan fingerprint density at radius 2 is 1.71 bits per heavy atom. The zero-order chi connectivity index (χ0) is 30.3. The molecule has 1 aliphatic rings. The molecule has 1 aliphatic heterocycles. The molecule has 0 radical (unpaired) electrons. The molecule has 1 amide bonds. The number of likely N-dealkylation sites (tertiary alicyclic amines) is 1. The second kappa shape index (κ2) is 14.2. The van der Waals surface area contributed by atoms with Crippen LogP contribution in [-0.4, -0.2) is 69.4 Å². The standard InChI is InChI=1S/C34H42N2O5S/c1-24-10-8-9-13-30(24)32-20-27(14-15-31(32)34(38)35-33(25(2)37)16-17-42(4,39)40)21-36-22-28(19-29(36)23-41-3)18-26-11-6-5-7-12-26/h5-15,20,28-29,33H,16-19,21-23H2,1-4H3,(H,35,38). The Morgan fingerprint density at radius 1 is 1.00 bits per heavy atom. The Balaban J connectivity index is 1.60. The summed E-state index contributed by atoms with van der Waals surface area (Å²) < 4.78 is 29.0. The highest BCUT2D eigenvalue weighted by atomic mass is 32.2. The van der Waals surface area contributed by atoms with Crippen LogP contribution in [0.1, 0.15) is 46.8 Å². The number of sulfone groups is 1. The van der Waals surface area contributed by atoms with Crippen LogP contribution in [0.15, 0.2) is 72.8 Å². The molecular formula is C34H42N2O5S. The van der Waals surface area contributed by atoms with Gasteiger partial charge in [-0.1, -0.05) is 60.7 Å². The molecule has 0 saturated carbocycles. The molecule has 42 heavy (non-hydrogen) atoms. The van der Waals surface area contributed by atoms with Crippen LogP contribution in [0.4, 0.5) is 0 Å². The Bertz CT molecular complexity index is 1490. The van der Waals surface area contributed by atoms with E-state index < -0.39 is 21.8 Å². The van der Waals surface area contributed by atoms with E-state index >= 15 is 0 Å². The largest absolute Gasteiger partial charge is 0.383 e. The molecule has 8 heteroatoms. The molecular weight excluding hydrogens is 548 g/mol. The first-order chi connectivity index (χ1) is 20.0. The first kappa shape index (κ1) is 31.6. The lowest BCUT2D eigenvalue weighted by atomic mass is 9.93. The van der Waals surface area contributed by atoms with E-state index in [0.717, 1.165) is 54.4 Å². The van der Waals surface area contributed by atoms with Crippen LogP contribution in [0.5, 0.6) is 0 Å². The topological polar surface area (TPSA) is 92.8 Å². The third kappa shape index (κ3) is 8.60. The highest BCUT2D eigenvalue weighted by Gasteiger charge is 2.32. The fourth-order valence-electron chi connectivity index (χ4n) is 5.91. The first-order valence-electron chi connectivity index (χ1n) is 14.5. The van der Waals surface area contributed by atoms with Gasteiger partial charge in [-0.2, -0.15) is 0 Å². The first-order valence-corrected chi connectivity index (χ1v) is 16.5. The molecule has 3 atom stereocenters. The monoisotopic (exact) mass is 590 g/mol. The lowest BCUT2D eigenvalue weighted by molar-refractivity contribution is -0.118. The van der Waals surface area contributed by atoms with E-state index in [0.29, 0.717) is 24.1 Å². The maximum absolute atomic E-state index is 13.6. The molecule has 3 unspecified atom stereocenters. The van der Waals surface area contributed by atoms with Gasteiger partial charge in [0.2, 0.25) is 0 Å². The van der Waals surface area contributed by atoms with Crippen LogP contribution in [0.2, 0.25) is 0 Å². The van der Waals surface area contributed by atoms with Gasteiger partial charge < -0.3 is 10.1 Å². The van der Waals surface area contributed by atoms with E-state index in [1.165, 1.54) is 12.5 Å². The van der Waals surface area contributed by atoms with Crippen molar-refractivity contribution in [2.75, 3.05) is 32.3 Å². The summed E-state index contributed by atoms with van der Waals surface area (Å²) >= 11 is 0. The zero-order valence-electron chi connectivity index (χ0n) is 25.0. The van der Waals surface area contributed by atoms with Gasteiger partial charge in [0.05, 0.1) is 18.4 Å². The maximum Gasteiger partial charge on any atom is 0.252 e. The van der Waals surface area contributed by atoms with Crippen LogP contribution in [0.25, 0.3) is 11.1 Å². The number of ether oxygens (including phenoxy) is 1. The average Bonchev–Trinajstić information content (AvgIpc) is 3.31. The van der Waals surface area contributed by atoms with Gasteiger partial charge in [-0.05, 0) is 79.0 Å². The Kier molecular flexibility index (Phi) is 10.7. The fourth-order valence-corrected chi connectivity index (χ4v) is 6.57. The van der Waals surface area contributed by atoms with Crippen molar-refractivity contribution in [3.63, 3.8) is 0 Å². The normalized spacial score (nSPS) is 18.1. The lowest BCUT2D eigenvalue weighted by Gasteiger charge is -2.25. The number of amides is 1. The van der Waals surface area contributed by atoms with E-state index in [1.54, 1.807) is 7.11 Å². The molecule has 0 bridgehead atoms. The highest BCUT2D eigenvalue weighted by Crippen LogP contribution is 2.32. The van der Waals surface area contributed by atoms with Gasteiger partial charge in [0.1, 0.15) is 9.84 Å². The summed E-state index contributed by atoms with van der Waals surface area (Å²) in [5, 5.41) is 2.80. The van der Waals surface area contributed by atoms with Crippen LogP contribution >= 0.6 is 0 Å². The average molecular weight is 591 g/mol.